The van der Waals surface area contributed by atoms with Gasteiger partial charge in [0.1, 0.15) is 0 Å². The lowest BCUT2D eigenvalue weighted by atomic mass is 9.68. The van der Waals surface area contributed by atoms with Crippen LogP contribution in [0, 0.1) is 0 Å². The third kappa shape index (κ3) is 4.07. The van der Waals surface area contributed by atoms with Crippen LogP contribution in [0.5, 0.6) is 0 Å². The van der Waals surface area contributed by atoms with E-state index in [1.54, 1.807) is 0 Å². The van der Waals surface area contributed by atoms with Crippen LogP contribution in [0.25, 0.3) is 92.2 Å². The molecule has 4 heteroatoms. The first-order valence-electron chi connectivity index (χ1n) is 20.3. The van der Waals surface area contributed by atoms with Gasteiger partial charge in [0.2, 0.25) is 5.95 Å². The molecule has 11 aromatic rings. The standard InChI is InChI=1S/C54H33N3S/c1-2-14-31-26-40-33(25-30(31)13-1)28-44(49-43(40)29-42-36-18-6-5-17-35(36)41-27-32-15-3-4-16-34(32)50(49)48(41)42)52-53-51(39-21-9-12-24-47(39)58-53)55-54(56-52)57-45-22-10-7-19-37(45)38-20-8-11-23-46(38)57/h1-26,29,41,44H,27-28H2. The Morgan fingerprint density at radius 1 is 0.483 bits per heavy atom. The fraction of sp³-hybridized carbons (Fsp3) is 0.0741. The maximum absolute atomic E-state index is 5.86. The highest BCUT2D eigenvalue weighted by Crippen LogP contribution is 2.60. The van der Waals surface area contributed by atoms with Crippen molar-refractivity contribution in [1.29, 1.82) is 0 Å². The van der Waals surface area contributed by atoms with Crippen LogP contribution in [0.3, 0.4) is 0 Å². The highest BCUT2D eigenvalue weighted by Gasteiger charge is 2.42. The van der Waals surface area contributed by atoms with E-state index in [4.69, 9.17) is 9.97 Å². The first kappa shape index (κ1) is 31.2. The van der Waals surface area contributed by atoms with Crippen molar-refractivity contribution in [2.24, 2.45) is 0 Å². The van der Waals surface area contributed by atoms with Crippen LogP contribution in [0.1, 0.15) is 45.3 Å². The average molecular weight is 756 g/mol. The van der Waals surface area contributed by atoms with Crippen LogP contribution in [0.2, 0.25) is 0 Å². The summed E-state index contributed by atoms with van der Waals surface area (Å²) in [6, 6.07) is 60.9. The molecule has 0 aliphatic heterocycles. The Labute approximate surface area is 338 Å². The number of para-hydroxylation sites is 2. The molecule has 0 N–H and O–H groups in total. The van der Waals surface area contributed by atoms with E-state index < -0.39 is 0 Å². The number of hydrogen-bond donors (Lipinski definition) is 0. The summed E-state index contributed by atoms with van der Waals surface area (Å²) >= 11 is 1.85. The van der Waals surface area contributed by atoms with Crippen molar-refractivity contribution < 1.29 is 0 Å². The molecule has 14 rings (SSSR count). The molecule has 0 bridgehead atoms. The van der Waals surface area contributed by atoms with Gasteiger partial charge in [0.05, 0.1) is 26.9 Å². The molecule has 0 saturated heterocycles. The van der Waals surface area contributed by atoms with Crippen molar-refractivity contribution in [2.75, 3.05) is 0 Å². The van der Waals surface area contributed by atoms with Gasteiger partial charge < -0.3 is 0 Å². The predicted octanol–water partition coefficient (Wildman–Crippen LogP) is 13.8. The fourth-order valence-electron chi connectivity index (χ4n) is 11.1. The summed E-state index contributed by atoms with van der Waals surface area (Å²) in [4.78, 5) is 11.4. The maximum Gasteiger partial charge on any atom is 0.235 e. The molecule has 2 atom stereocenters. The molecule has 0 spiro atoms. The minimum absolute atomic E-state index is 0.00937. The molecule has 3 aliphatic carbocycles. The Morgan fingerprint density at radius 3 is 1.93 bits per heavy atom. The topological polar surface area (TPSA) is 30.7 Å². The summed E-state index contributed by atoms with van der Waals surface area (Å²) in [7, 11) is 0. The molecule has 3 nitrogen and oxygen atoms in total. The first-order valence-corrected chi connectivity index (χ1v) is 21.2. The van der Waals surface area contributed by atoms with E-state index in [2.05, 4.69) is 168 Å². The molecule has 270 valence electrons. The fourth-order valence-corrected chi connectivity index (χ4v) is 12.3. The zero-order valence-electron chi connectivity index (χ0n) is 31.4. The second kappa shape index (κ2) is 11.4. The summed E-state index contributed by atoms with van der Waals surface area (Å²) < 4.78 is 4.73. The van der Waals surface area contributed by atoms with E-state index in [0.29, 0.717) is 5.92 Å². The molecule has 3 aliphatic rings. The van der Waals surface area contributed by atoms with Crippen molar-refractivity contribution in [1.82, 2.24) is 14.5 Å². The largest absolute Gasteiger partial charge is 0.278 e. The van der Waals surface area contributed by atoms with Crippen LogP contribution < -0.4 is 0 Å². The third-order valence-electron chi connectivity index (χ3n) is 13.5. The van der Waals surface area contributed by atoms with Crippen molar-refractivity contribution in [3.8, 4) is 39.3 Å². The quantitative estimate of drug-likeness (QED) is 0.176. The van der Waals surface area contributed by atoms with E-state index in [1.165, 1.54) is 97.5 Å². The summed E-state index contributed by atoms with van der Waals surface area (Å²) in [5.74, 6) is 1.04. The summed E-state index contributed by atoms with van der Waals surface area (Å²) in [6.45, 7) is 0. The number of aromatic nitrogens is 3. The normalized spacial score (nSPS) is 16.1. The minimum atomic E-state index is -0.00937. The van der Waals surface area contributed by atoms with E-state index in [1.807, 2.05) is 11.3 Å². The van der Waals surface area contributed by atoms with Gasteiger partial charge in [-0.3, -0.25) is 4.57 Å². The smallest absolute Gasteiger partial charge is 0.235 e. The van der Waals surface area contributed by atoms with Gasteiger partial charge in [-0.15, -0.1) is 11.3 Å². The van der Waals surface area contributed by atoms with Crippen molar-refractivity contribution in [3.63, 3.8) is 0 Å². The lowest BCUT2D eigenvalue weighted by Gasteiger charge is -2.35. The number of hydrogen-bond acceptors (Lipinski definition) is 3. The van der Waals surface area contributed by atoms with E-state index in [0.717, 1.165) is 41.0 Å². The highest BCUT2D eigenvalue weighted by atomic mass is 32.1. The monoisotopic (exact) mass is 755 g/mol. The molecular formula is C54H33N3S. The van der Waals surface area contributed by atoms with Gasteiger partial charge in [-0.05, 0) is 115 Å². The molecule has 8 aromatic carbocycles. The molecule has 58 heavy (non-hydrogen) atoms. The van der Waals surface area contributed by atoms with E-state index in [-0.39, 0.29) is 5.92 Å². The predicted molar refractivity (Wildman–Crippen MR) is 241 cm³/mol. The molecule has 0 fully saturated rings. The first-order chi connectivity index (χ1) is 28.8. The Hall–Kier alpha value is -6.88. The second-order valence-corrected chi connectivity index (χ2v) is 17.4. The molecule has 3 aromatic heterocycles. The Bertz CT molecular complexity index is 3550. The number of benzene rings is 8. The van der Waals surface area contributed by atoms with Gasteiger partial charge in [0.15, 0.2) is 0 Å². The van der Waals surface area contributed by atoms with Crippen molar-refractivity contribution >= 4 is 64.2 Å². The molecule has 0 saturated carbocycles. The third-order valence-corrected chi connectivity index (χ3v) is 14.7. The van der Waals surface area contributed by atoms with Crippen LogP contribution in [0.15, 0.2) is 164 Å². The minimum Gasteiger partial charge on any atom is -0.278 e. The van der Waals surface area contributed by atoms with Crippen LogP contribution >= 0.6 is 11.3 Å². The van der Waals surface area contributed by atoms with E-state index in [9.17, 15) is 0 Å². The van der Waals surface area contributed by atoms with Crippen LogP contribution in [-0.4, -0.2) is 14.5 Å². The zero-order chi connectivity index (χ0) is 37.6. The summed E-state index contributed by atoms with van der Waals surface area (Å²) in [6.07, 6.45) is 1.87. The SMILES string of the molecule is c1ccc2c(c1)CC1c3ccccc3-c3cc4c(c-2c31)C(c1nc(-n2c3ccccc3c3ccccc32)nc2c1sc1ccccc12)Cc1cc2ccccc2cc1-4. The van der Waals surface area contributed by atoms with Gasteiger partial charge in [-0.1, -0.05) is 133 Å². The number of nitrogens with zero attached hydrogens (tertiary/aromatic N) is 3. The average Bonchev–Trinajstić information content (AvgIpc) is 3.93. The lowest BCUT2D eigenvalue weighted by Crippen LogP contribution is -2.20. The number of thiophene rings is 1. The molecule has 0 radical (unpaired) electrons. The lowest BCUT2D eigenvalue weighted by molar-refractivity contribution is 0.755. The molecule has 3 heterocycles. The van der Waals surface area contributed by atoms with Crippen molar-refractivity contribution in [2.45, 2.75) is 24.7 Å². The molecular weight excluding hydrogens is 723 g/mol. The molecule has 2 unspecified atom stereocenters. The van der Waals surface area contributed by atoms with Gasteiger partial charge in [-0.2, -0.15) is 0 Å². The zero-order valence-corrected chi connectivity index (χ0v) is 32.2. The Kier molecular flexibility index (Phi) is 6.12. The Balaban J connectivity index is 1.14. The van der Waals surface area contributed by atoms with Crippen LogP contribution in [0.4, 0.5) is 0 Å². The van der Waals surface area contributed by atoms with Gasteiger partial charge in [-0.25, -0.2) is 9.97 Å². The maximum atomic E-state index is 5.86. The van der Waals surface area contributed by atoms with Gasteiger partial charge in [0, 0.05) is 32.7 Å². The number of rotatable bonds is 2. The second-order valence-electron chi connectivity index (χ2n) is 16.3. The number of fused-ring (bicyclic) bond motifs is 16. The van der Waals surface area contributed by atoms with Crippen molar-refractivity contribution in [3.05, 3.63) is 197 Å². The van der Waals surface area contributed by atoms with Gasteiger partial charge in [0.25, 0.3) is 0 Å². The highest BCUT2D eigenvalue weighted by molar-refractivity contribution is 7.25. The Morgan fingerprint density at radius 2 is 1.10 bits per heavy atom. The van der Waals surface area contributed by atoms with Gasteiger partial charge >= 0.3 is 0 Å². The summed E-state index contributed by atoms with van der Waals surface area (Å²) in [5, 5.41) is 6.17. The van der Waals surface area contributed by atoms with E-state index >= 15 is 0 Å². The molecule has 0 amide bonds. The van der Waals surface area contributed by atoms with Crippen LogP contribution in [-0.2, 0) is 12.8 Å². The summed E-state index contributed by atoms with van der Waals surface area (Å²) in [5.41, 5.74) is 19.8.